The molecular formula is C15H12Cl2N4O. The lowest BCUT2D eigenvalue weighted by Gasteiger charge is -2.16. The SMILES string of the molecule is NN(Cc1ccc(Cl)cc1Cl)C(=O)c1n[nH]c2ccccc12. The molecule has 1 heterocycles. The van der Waals surface area contributed by atoms with E-state index in [1.54, 1.807) is 18.2 Å². The Morgan fingerprint density at radius 3 is 2.77 bits per heavy atom. The van der Waals surface area contributed by atoms with Crippen molar-refractivity contribution in [1.29, 1.82) is 0 Å². The smallest absolute Gasteiger partial charge is 0.277 e. The van der Waals surface area contributed by atoms with Crippen LogP contribution in [0.4, 0.5) is 0 Å². The summed E-state index contributed by atoms with van der Waals surface area (Å²) in [5, 5.41) is 9.65. The Labute approximate surface area is 136 Å². The first-order chi connectivity index (χ1) is 10.6. The molecule has 0 spiro atoms. The number of hydrogen-bond donors (Lipinski definition) is 2. The highest BCUT2D eigenvalue weighted by atomic mass is 35.5. The molecule has 0 saturated heterocycles. The summed E-state index contributed by atoms with van der Waals surface area (Å²) in [7, 11) is 0. The number of halogens is 2. The van der Waals surface area contributed by atoms with Gasteiger partial charge in [0.25, 0.3) is 5.91 Å². The van der Waals surface area contributed by atoms with Gasteiger partial charge in [0.15, 0.2) is 5.69 Å². The number of nitrogens with zero attached hydrogens (tertiary/aromatic N) is 2. The lowest BCUT2D eigenvalue weighted by atomic mass is 10.2. The summed E-state index contributed by atoms with van der Waals surface area (Å²) >= 11 is 12.0. The summed E-state index contributed by atoms with van der Waals surface area (Å²) in [6.07, 6.45) is 0. The predicted molar refractivity (Wildman–Crippen MR) is 86.6 cm³/mol. The zero-order valence-corrected chi connectivity index (χ0v) is 12.9. The first-order valence-corrected chi connectivity index (χ1v) is 7.25. The Morgan fingerprint density at radius 1 is 1.23 bits per heavy atom. The quantitative estimate of drug-likeness (QED) is 0.438. The van der Waals surface area contributed by atoms with E-state index in [0.717, 1.165) is 15.9 Å². The standard InChI is InChI=1S/C15H12Cl2N4O/c16-10-6-5-9(12(17)7-10)8-21(18)15(22)14-11-3-1-2-4-13(11)19-20-14/h1-7H,8,18H2,(H,19,20). The number of nitrogens with one attached hydrogen (secondary N) is 1. The highest BCUT2D eigenvalue weighted by Gasteiger charge is 2.19. The molecule has 22 heavy (non-hydrogen) atoms. The molecule has 112 valence electrons. The molecule has 3 N–H and O–H groups in total. The maximum atomic E-state index is 12.5. The van der Waals surface area contributed by atoms with Crippen molar-refractivity contribution in [3.05, 3.63) is 63.8 Å². The minimum Gasteiger partial charge on any atom is -0.277 e. The fraction of sp³-hybridized carbons (Fsp3) is 0.0667. The number of aromatic amines is 1. The van der Waals surface area contributed by atoms with Gasteiger partial charge in [-0.05, 0) is 23.8 Å². The van der Waals surface area contributed by atoms with Crippen LogP contribution in [0.2, 0.25) is 10.0 Å². The summed E-state index contributed by atoms with van der Waals surface area (Å²) in [5.74, 6) is 5.49. The third-order valence-corrected chi connectivity index (χ3v) is 3.88. The molecule has 3 aromatic rings. The lowest BCUT2D eigenvalue weighted by molar-refractivity contribution is 0.0739. The highest BCUT2D eigenvalue weighted by Crippen LogP contribution is 2.23. The minimum absolute atomic E-state index is 0.163. The van der Waals surface area contributed by atoms with Crippen molar-refractivity contribution < 1.29 is 4.79 Å². The molecule has 0 bridgehead atoms. The number of carbonyl (C=O) groups is 1. The van der Waals surface area contributed by atoms with Gasteiger partial charge in [-0.2, -0.15) is 5.10 Å². The van der Waals surface area contributed by atoms with Crippen LogP contribution in [-0.2, 0) is 6.54 Å². The third kappa shape index (κ3) is 2.78. The number of hydrogen-bond acceptors (Lipinski definition) is 3. The number of amides is 1. The summed E-state index contributed by atoms with van der Waals surface area (Å²) in [5.41, 5.74) is 1.77. The van der Waals surface area contributed by atoms with Crippen molar-refractivity contribution in [3.8, 4) is 0 Å². The van der Waals surface area contributed by atoms with Gasteiger partial charge in [-0.1, -0.05) is 47.5 Å². The van der Waals surface area contributed by atoms with Gasteiger partial charge in [0, 0.05) is 15.4 Å². The molecule has 5 nitrogen and oxygen atoms in total. The largest absolute Gasteiger partial charge is 0.289 e. The van der Waals surface area contributed by atoms with E-state index in [1.807, 2.05) is 24.3 Å². The van der Waals surface area contributed by atoms with E-state index >= 15 is 0 Å². The Hall–Kier alpha value is -2.08. The molecule has 0 radical (unpaired) electrons. The summed E-state index contributed by atoms with van der Waals surface area (Å²) in [6, 6.07) is 12.4. The Balaban J connectivity index is 1.85. The van der Waals surface area contributed by atoms with Crippen LogP contribution in [0.5, 0.6) is 0 Å². The lowest BCUT2D eigenvalue weighted by Crippen LogP contribution is -2.37. The van der Waals surface area contributed by atoms with Crippen molar-refractivity contribution in [2.75, 3.05) is 0 Å². The zero-order chi connectivity index (χ0) is 15.7. The predicted octanol–water partition coefficient (Wildman–Crippen LogP) is 3.39. The van der Waals surface area contributed by atoms with Gasteiger partial charge in [0.05, 0.1) is 12.1 Å². The van der Waals surface area contributed by atoms with E-state index in [0.29, 0.717) is 15.6 Å². The van der Waals surface area contributed by atoms with Gasteiger partial charge in [0.1, 0.15) is 0 Å². The second-order valence-electron chi connectivity index (χ2n) is 4.79. The number of carbonyl (C=O) groups excluding carboxylic acids is 1. The van der Waals surface area contributed by atoms with Crippen molar-refractivity contribution in [1.82, 2.24) is 15.2 Å². The van der Waals surface area contributed by atoms with Crippen molar-refractivity contribution in [2.24, 2.45) is 5.84 Å². The van der Waals surface area contributed by atoms with Gasteiger partial charge in [-0.25, -0.2) is 5.84 Å². The van der Waals surface area contributed by atoms with E-state index < -0.39 is 0 Å². The highest BCUT2D eigenvalue weighted by molar-refractivity contribution is 6.35. The van der Waals surface area contributed by atoms with Crippen LogP contribution >= 0.6 is 23.2 Å². The number of rotatable bonds is 3. The Bertz CT molecular complexity index is 846. The van der Waals surface area contributed by atoms with Gasteiger partial charge in [0.2, 0.25) is 0 Å². The van der Waals surface area contributed by atoms with E-state index in [1.165, 1.54) is 0 Å². The van der Waals surface area contributed by atoms with Crippen molar-refractivity contribution in [3.63, 3.8) is 0 Å². The first kappa shape index (κ1) is 14.8. The number of hydrazine groups is 1. The molecule has 0 aliphatic heterocycles. The van der Waals surface area contributed by atoms with Crippen LogP contribution in [0.3, 0.4) is 0 Å². The molecule has 0 saturated carbocycles. The topological polar surface area (TPSA) is 75.0 Å². The van der Waals surface area contributed by atoms with E-state index in [9.17, 15) is 4.79 Å². The van der Waals surface area contributed by atoms with E-state index in [-0.39, 0.29) is 18.1 Å². The van der Waals surface area contributed by atoms with Gasteiger partial charge in [-0.15, -0.1) is 0 Å². The number of para-hydroxylation sites is 1. The van der Waals surface area contributed by atoms with Crippen LogP contribution < -0.4 is 5.84 Å². The molecule has 0 aliphatic rings. The minimum atomic E-state index is -0.386. The molecule has 0 aliphatic carbocycles. The second-order valence-corrected chi connectivity index (χ2v) is 5.63. The molecule has 7 heteroatoms. The normalized spacial score (nSPS) is 10.9. The second kappa shape index (κ2) is 5.96. The maximum absolute atomic E-state index is 12.5. The Kier molecular flexibility index (Phi) is 4.02. The molecule has 3 rings (SSSR count). The molecule has 0 fully saturated rings. The van der Waals surface area contributed by atoms with Crippen LogP contribution in [0.1, 0.15) is 16.1 Å². The number of benzene rings is 2. The molecular weight excluding hydrogens is 323 g/mol. The van der Waals surface area contributed by atoms with E-state index in [4.69, 9.17) is 29.0 Å². The van der Waals surface area contributed by atoms with Crippen LogP contribution in [-0.4, -0.2) is 21.1 Å². The number of nitrogens with two attached hydrogens (primary N) is 1. The molecule has 0 unspecified atom stereocenters. The fourth-order valence-corrected chi connectivity index (χ4v) is 2.64. The molecule has 0 atom stereocenters. The van der Waals surface area contributed by atoms with Crippen molar-refractivity contribution >= 4 is 40.0 Å². The maximum Gasteiger partial charge on any atom is 0.289 e. The molecule has 1 amide bonds. The van der Waals surface area contributed by atoms with Gasteiger partial charge < -0.3 is 0 Å². The van der Waals surface area contributed by atoms with Crippen LogP contribution in [0.25, 0.3) is 10.9 Å². The summed E-state index contributed by atoms with van der Waals surface area (Å²) < 4.78 is 0. The van der Waals surface area contributed by atoms with Crippen LogP contribution in [0.15, 0.2) is 42.5 Å². The number of H-pyrrole nitrogens is 1. The molecule has 2 aromatic carbocycles. The summed E-state index contributed by atoms with van der Waals surface area (Å²) in [4.78, 5) is 12.5. The average molecular weight is 335 g/mol. The Morgan fingerprint density at radius 2 is 2.00 bits per heavy atom. The van der Waals surface area contributed by atoms with Gasteiger partial charge in [-0.3, -0.25) is 14.9 Å². The summed E-state index contributed by atoms with van der Waals surface area (Å²) in [6.45, 7) is 0.163. The monoisotopic (exact) mass is 334 g/mol. The number of fused-ring (bicyclic) bond motifs is 1. The first-order valence-electron chi connectivity index (χ1n) is 6.50. The molecule has 1 aromatic heterocycles. The average Bonchev–Trinajstić information content (AvgIpc) is 2.93. The third-order valence-electron chi connectivity index (χ3n) is 3.29. The van der Waals surface area contributed by atoms with Crippen molar-refractivity contribution in [2.45, 2.75) is 6.54 Å². The van der Waals surface area contributed by atoms with E-state index in [2.05, 4.69) is 10.2 Å². The number of aromatic nitrogens is 2. The van der Waals surface area contributed by atoms with Crippen LogP contribution in [0, 0.1) is 0 Å². The fourth-order valence-electron chi connectivity index (χ4n) is 2.17. The zero-order valence-electron chi connectivity index (χ0n) is 11.4. The van der Waals surface area contributed by atoms with Gasteiger partial charge >= 0.3 is 0 Å².